The number of nitrogens with zero attached hydrogens (tertiary/aromatic N) is 1. The van der Waals surface area contributed by atoms with Crippen LogP contribution in [-0.4, -0.2) is 70.9 Å². The number of hydrogen-bond donors (Lipinski definition) is 2. The van der Waals surface area contributed by atoms with E-state index >= 15 is 0 Å². The third-order valence-electron chi connectivity index (χ3n) is 11.4. The van der Waals surface area contributed by atoms with E-state index in [0.29, 0.717) is 38.0 Å². The van der Waals surface area contributed by atoms with Gasteiger partial charge in [-0.05, 0) is 116 Å². The van der Waals surface area contributed by atoms with Crippen LogP contribution >= 0.6 is 11.6 Å². The molecule has 1 aliphatic heterocycles. The fourth-order valence-corrected chi connectivity index (χ4v) is 9.22. The van der Waals surface area contributed by atoms with Gasteiger partial charge in [-0.3, -0.25) is 0 Å². The van der Waals surface area contributed by atoms with Crippen LogP contribution < -0.4 is 14.8 Å². The lowest BCUT2D eigenvalue weighted by atomic mass is 9.64. The summed E-state index contributed by atoms with van der Waals surface area (Å²) in [6, 6.07) is 11.4. The summed E-state index contributed by atoms with van der Waals surface area (Å²) in [6.07, 6.45) is 7.93. The summed E-state index contributed by atoms with van der Waals surface area (Å²) >= 11 is 6.42. The van der Waals surface area contributed by atoms with Crippen molar-refractivity contribution >= 4 is 33.3 Å². The molecular formula is C36H47ClN2O7S. The molecule has 2 aromatic carbocycles. The van der Waals surface area contributed by atoms with Crippen molar-refractivity contribution in [1.82, 2.24) is 0 Å². The molecule has 0 amide bonds. The topological polar surface area (TPSA) is 128 Å². The highest BCUT2D eigenvalue weighted by molar-refractivity contribution is 7.89. The average Bonchev–Trinajstić information content (AvgIpc) is 3.14. The van der Waals surface area contributed by atoms with Crippen molar-refractivity contribution in [3.8, 4) is 5.75 Å². The van der Waals surface area contributed by atoms with E-state index in [9.17, 15) is 18.3 Å². The molecule has 256 valence electrons. The zero-order valence-electron chi connectivity index (χ0n) is 27.5. The second-order valence-corrected chi connectivity index (χ2v) is 16.5. The molecule has 0 saturated heterocycles. The number of benzene rings is 2. The number of rotatable bonds is 12. The lowest BCUT2D eigenvalue weighted by Gasteiger charge is -2.48. The average molecular weight is 687 g/mol. The van der Waals surface area contributed by atoms with Crippen LogP contribution in [0.4, 0.5) is 5.69 Å². The summed E-state index contributed by atoms with van der Waals surface area (Å²) in [5, 5.41) is 15.5. The number of nitrogens with two attached hydrogens (primary N) is 1. The highest BCUT2D eigenvalue weighted by Gasteiger charge is 2.46. The minimum Gasteiger partial charge on any atom is -0.490 e. The smallest absolute Gasteiger partial charge is 0.335 e. The number of carboxylic acid groups (broad SMARTS) is 1. The summed E-state index contributed by atoms with van der Waals surface area (Å²) in [6.45, 7) is 6.57. The number of allylic oxidation sites excluding steroid dienone is 1. The number of hydrogen-bond acceptors (Lipinski definition) is 7. The van der Waals surface area contributed by atoms with E-state index in [4.69, 9.17) is 31.0 Å². The normalized spacial score (nSPS) is 27.2. The van der Waals surface area contributed by atoms with Gasteiger partial charge in [-0.1, -0.05) is 30.7 Å². The summed E-state index contributed by atoms with van der Waals surface area (Å²) in [5.41, 5.74) is 4.55. The summed E-state index contributed by atoms with van der Waals surface area (Å²) < 4.78 is 42.4. The Balaban J connectivity index is 1.29. The maximum atomic E-state index is 12.1. The molecule has 0 unspecified atom stereocenters. The molecule has 1 spiro atoms. The monoisotopic (exact) mass is 686 g/mol. The number of halogens is 1. The molecule has 1 saturated carbocycles. The third kappa shape index (κ3) is 6.95. The van der Waals surface area contributed by atoms with Crippen LogP contribution in [0.5, 0.6) is 5.75 Å². The van der Waals surface area contributed by atoms with E-state index in [1.807, 2.05) is 13.0 Å². The Bertz CT molecular complexity index is 1630. The van der Waals surface area contributed by atoms with Gasteiger partial charge >= 0.3 is 5.97 Å². The van der Waals surface area contributed by atoms with Crippen molar-refractivity contribution in [3.63, 3.8) is 0 Å². The Morgan fingerprint density at radius 1 is 1.19 bits per heavy atom. The first-order valence-electron chi connectivity index (χ1n) is 16.8. The van der Waals surface area contributed by atoms with E-state index in [2.05, 4.69) is 23.1 Å². The highest BCUT2D eigenvalue weighted by Crippen LogP contribution is 2.49. The van der Waals surface area contributed by atoms with E-state index in [1.165, 1.54) is 16.7 Å². The Morgan fingerprint density at radius 3 is 2.66 bits per heavy atom. The van der Waals surface area contributed by atoms with Crippen molar-refractivity contribution in [2.75, 3.05) is 44.9 Å². The number of aromatic carboxylic acids is 1. The lowest BCUT2D eigenvalue weighted by molar-refractivity contribution is -0.0418. The van der Waals surface area contributed by atoms with Crippen LogP contribution in [0.15, 0.2) is 48.0 Å². The van der Waals surface area contributed by atoms with Crippen LogP contribution in [0.25, 0.3) is 0 Å². The van der Waals surface area contributed by atoms with Gasteiger partial charge in [0.1, 0.15) is 5.75 Å². The van der Waals surface area contributed by atoms with Crippen molar-refractivity contribution in [3.05, 3.63) is 69.8 Å². The van der Waals surface area contributed by atoms with Gasteiger partial charge in [-0.15, -0.1) is 0 Å². The predicted octanol–water partition coefficient (Wildman–Crippen LogP) is 5.83. The molecule has 11 heteroatoms. The molecule has 0 aromatic heterocycles. The second-order valence-electron chi connectivity index (χ2n) is 14.1. The third-order valence-corrected chi connectivity index (χ3v) is 13.1. The van der Waals surface area contributed by atoms with Crippen LogP contribution in [-0.2, 0) is 31.3 Å². The molecule has 0 radical (unpaired) electrons. The molecular weight excluding hydrogens is 640 g/mol. The SMILES string of the molecule is COCCO[C@@H](C1=C[C@@H]([C@H](C)[C@@H](C)S(N)(=O)=O)C1)[C@@H]1CC[C@H]1CN1C[C@@]2(CCCc3cc(Cl)ccc32)COc2ccc(C(=O)O)cc21. The zero-order chi connectivity index (χ0) is 33.5. The fraction of sp³-hybridized carbons (Fsp3) is 0.583. The van der Waals surface area contributed by atoms with Crippen molar-refractivity contribution in [1.29, 1.82) is 0 Å². The van der Waals surface area contributed by atoms with Crippen molar-refractivity contribution in [2.24, 2.45) is 28.8 Å². The quantitative estimate of drug-likeness (QED) is 0.211. The molecule has 7 atom stereocenters. The van der Waals surface area contributed by atoms with Gasteiger partial charge in [-0.25, -0.2) is 18.4 Å². The first-order chi connectivity index (χ1) is 22.4. The van der Waals surface area contributed by atoms with E-state index in [1.54, 1.807) is 32.2 Å². The molecule has 3 N–H and O–H groups in total. The molecule has 2 aromatic rings. The summed E-state index contributed by atoms with van der Waals surface area (Å²) in [4.78, 5) is 14.4. The molecule has 6 rings (SSSR count). The van der Waals surface area contributed by atoms with Crippen molar-refractivity contribution < 1.29 is 32.5 Å². The number of carbonyl (C=O) groups is 1. The Morgan fingerprint density at radius 2 is 1.98 bits per heavy atom. The predicted molar refractivity (Wildman–Crippen MR) is 183 cm³/mol. The van der Waals surface area contributed by atoms with Gasteiger partial charge < -0.3 is 24.2 Å². The van der Waals surface area contributed by atoms with Gasteiger partial charge in [0, 0.05) is 30.6 Å². The van der Waals surface area contributed by atoms with Crippen LogP contribution in [0.1, 0.15) is 67.4 Å². The van der Waals surface area contributed by atoms with Gasteiger partial charge in [-0.2, -0.15) is 0 Å². The molecule has 1 fully saturated rings. The Kier molecular flexibility index (Phi) is 9.99. The summed E-state index contributed by atoms with van der Waals surface area (Å²) in [7, 11) is -1.95. The molecule has 47 heavy (non-hydrogen) atoms. The number of ether oxygens (including phenoxy) is 3. The fourth-order valence-electron chi connectivity index (χ4n) is 8.22. The van der Waals surface area contributed by atoms with Crippen LogP contribution in [0.2, 0.25) is 5.02 Å². The maximum Gasteiger partial charge on any atom is 0.335 e. The van der Waals surface area contributed by atoms with E-state index in [0.717, 1.165) is 55.8 Å². The Hall–Kier alpha value is -2.63. The number of aryl methyl sites for hydroxylation is 1. The molecule has 1 heterocycles. The van der Waals surface area contributed by atoms with E-state index in [-0.39, 0.29) is 34.8 Å². The van der Waals surface area contributed by atoms with E-state index < -0.39 is 21.2 Å². The Labute approximate surface area is 283 Å². The minimum absolute atomic E-state index is 0.0864. The number of methoxy groups -OCH3 is 1. The number of primary sulfonamides is 1. The minimum atomic E-state index is -3.62. The molecule has 0 bridgehead atoms. The highest BCUT2D eigenvalue weighted by atomic mass is 35.5. The standard InChI is InChI=1S/C36H47ClN2O7S/c1-22(23(2)47(38,42)43)27-15-28(16-27)34(45-14-13-44-3)30-9-6-26(30)19-39-20-36(12-4-5-24-17-29(37)8-10-31(24)36)21-46-33-11-7-25(35(40)41)18-32(33)39/h7-8,10-11,15,17-18,22-23,26-27,30,34H,4-6,9,12-14,16,19-21H2,1-3H3,(H,40,41)(H2,38,42,43)/t22-,23-,26+,27-,30-,34+,36+/m1/s1. The van der Waals surface area contributed by atoms with Gasteiger partial charge in [0.15, 0.2) is 0 Å². The van der Waals surface area contributed by atoms with Crippen LogP contribution in [0.3, 0.4) is 0 Å². The largest absolute Gasteiger partial charge is 0.490 e. The lowest BCUT2D eigenvalue weighted by Crippen LogP contribution is -2.50. The number of sulfonamides is 1. The van der Waals surface area contributed by atoms with Crippen molar-refractivity contribution in [2.45, 2.75) is 69.1 Å². The number of fused-ring (bicyclic) bond motifs is 3. The number of carboxylic acids is 1. The maximum absolute atomic E-state index is 12.1. The summed E-state index contributed by atoms with van der Waals surface area (Å²) in [5.74, 6) is 0.372. The zero-order valence-corrected chi connectivity index (χ0v) is 29.1. The van der Waals surface area contributed by atoms with Crippen LogP contribution in [0, 0.1) is 23.7 Å². The molecule has 9 nitrogen and oxygen atoms in total. The van der Waals surface area contributed by atoms with Gasteiger partial charge in [0.05, 0.1) is 42.4 Å². The molecule has 4 aliphatic rings. The first-order valence-corrected chi connectivity index (χ1v) is 18.8. The molecule has 3 aliphatic carbocycles. The number of anilines is 1. The van der Waals surface area contributed by atoms with Gasteiger partial charge in [0.25, 0.3) is 0 Å². The first kappa shape index (κ1) is 34.2. The second kappa shape index (κ2) is 13.7. The van der Waals surface area contributed by atoms with Gasteiger partial charge in [0.2, 0.25) is 10.0 Å².